The summed E-state index contributed by atoms with van der Waals surface area (Å²) in [5.41, 5.74) is 0. The van der Waals surface area contributed by atoms with Crippen molar-refractivity contribution in [3.8, 4) is 5.75 Å². The highest BCUT2D eigenvalue weighted by atomic mass is 19.2. The number of benzene rings is 1. The van der Waals surface area contributed by atoms with Crippen molar-refractivity contribution >= 4 is 5.91 Å². The predicted molar refractivity (Wildman–Crippen MR) is 65.9 cm³/mol. The van der Waals surface area contributed by atoms with Crippen LogP contribution in [0.4, 0.5) is 8.78 Å². The van der Waals surface area contributed by atoms with Crippen LogP contribution in [-0.2, 0) is 4.79 Å². The van der Waals surface area contributed by atoms with Gasteiger partial charge in [0.1, 0.15) is 0 Å². The zero-order valence-electron chi connectivity index (χ0n) is 10.5. The molecule has 0 spiro atoms. The third-order valence-corrected chi connectivity index (χ3v) is 2.96. The largest absolute Gasteiger partial charge is 0.481 e. The summed E-state index contributed by atoms with van der Waals surface area (Å²) in [6.45, 7) is 2.60. The summed E-state index contributed by atoms with van der Waals surface area (Å²) in [4.78, 5) is 13.5. The average molecular weight is 270 g/mol. The number of halogens is 2. The van der Waals surface area contributed by atoms with E-state index in [1.165, 1.54) is 12.1 Å². The second-order valence-corrected chi connectivity index (χ2v) is 4.32. The first-order valence-corrected chi connectivity index (χ1v) is 6.24. The molecule has 1 saturated heterocycles. The van der Waals surface area contributed by atoms with Gasteiger partial charge in [-0.15, -0.1) is 0 Å². The van der Waals surface area contributed by atoms with Gasteiger partial charge in [-0.2, -0.15) is 4.39 Å². The van der Waals surface area contributed by atoms with Crippen LogP contribution in [0.3, 0.4) is 0 Å². The van der Waals surface area contributed by atoms with Gasteiger partial charge in [0, 0.05) is 19.6 Å². The average Bonchev–Trinajstić information content (AvgIpc) is 2.69. The molecule has 2 rings (SSSR count). The van der Waals surface area contributed by atoms with Crippen molar-refractivity contribution in [1.82, 2.24) is 10.2 Å². The van der Waals surface area contributed by atoms with Crippen molar-refractivity contribution in [2.75, 3.05) is 32.8 Å². The molecule has 104 valence electrons. The number of amides is 1. The van der Waals surface area contributed by atoms with E-state index in [0.717, 1.165) is 25.6 Å². The molecule has 0 unspecified atom stereocenters. The van der Waals surface area contributed by atoms with Gasteiger partial charge in [-0.3, -0.25) is 4.79 Å². The van der Waals surface area contributed by atoms with Gasteiger partial charge in [-0.1, -0.05) is 6.07 Å². The summed E-state index contributed by atoms with van der Waals surface area (Å²) in [6, 6.07) is 3.65. The summed E-state index contributed by atoms with van der Waals surface area (Å²) in [5, 5.41) is 3.18. The lowest BCUT2D eigenvalue weighted by Crippen LogP contribution is -2.37. The molecular formula is C13H16F2N2O2. The maximum Gasteiger partial charge on any atom is 0.260 e. The maximum absolute atomic E-state index is 13.3. The van der Waals surface area contributed by atoms with Crippen LogP contribution in [0.1, 0.15) is 6.42 Å². The molecule has 1 aliphatic heterocycles. The molecule has 1 aliphatic rings. The van der Waals surface area contributed by atoms with Crippen molar-refractivity contribution in [3.63, 3.8) is 0 Å². The Morgan fingerprint density at radius 2 is 2.16 bits per heavy atom. The standard InChI is InChI=1S/C13H16F2N2O2/c14-10-3-1-4-11(13(10)15)19-9-12(18)17-7-2-5-16-6-8-17/h1,3-4,16H,2,5-9H2. The lowest BCUT2D eigenvalue weighted by atomic mass is 10.3. The van der Waals surface area contributed by atoms with Crippen LogP contribution in [0.25, 0.3) is 0 Å². The van der Waals surface area contributed by atoms with Gasteiger partial charge < -0.3 is 15.0 Å². The smallest absolute Gasteiger partial charge is 0.260 e. The van der Waals surface area contributed by atoms with Crippen molar-refractivity contribution in [2.45, 2.75) is 6.42 Å². The molecule has 0 aliphatic carbocycles. The zero-order chi connectivity index (χ0) is 13.7. The summed E-state index contributed by atoms with van der Waals surface area (Å²) in [7, 11) is 0. The summed E-state index contributed by atoms with van der Waals surface area (Å²) < 4.78 is 31.3. The Kier molecular flexibility index (Phi) is 4.68. The number of carbonyl (C=O) groups excluding carboxylic acids is 1. The highest BCUT2D eigenvalue weighted by molar-refractivity contribution is 5.77. The van der Waals surface area contributed by atoms with E-state index >= 15 is 0 Å². The number of hydrogen-bond donors (Lipinski definition) is 1. The Morgan fingerprint density at radius 3 is 3.00 bits per heavy atom. The van der Waals surface area contributed by atoms with Crippen LogP contribution in [-0.4, -0.2) is 43.6 Å². The van der Waals surface area contributed by atoms with Crippen LogP contribution in [0.15, 0.2) is 18.2 Å². The molecule has 19 heavy (non-hydrogen) atoms. The second kappa shape index (κ2) is 6.47. The molecule has 1 aromatic rings. The van der Waals surface area contributed by atoms with E-state index in [2.05, 4.69) is 5.32 Å². The Labute approximate surface area is 110 Å². The minimum absolute atomic E-state index is 0.215. The molecule has 0 atom stereocenters. The molecule has 0 radical (unpaired) electrons. The topological polar surface area (TPSA) is 41.6 Å². The van der Waals surface area contributed by atoms with E-state index in [4.69, 9.17) is 4.74 Å². The van der Waals surface area contributed by atoms with Crippen LogP contribution >= 0.6 is 0 Å². The third-order valence-electron chi connectivity index (χ3n) is 2.96. The van der Waals surface area contributed by atoms with Crippen molar-refractivity contribution in [1.29, 1.82) is 0 Å². The van der Waals surface area contributed by atoms with E-state index in [9.17, 15) is 13.6 Å². The predicted octanol–water partition coefficient (Wildman–Crippen LogP) is 1.17. The molecule has 0 aromatic heterocycles. The number of carbonyl (C=O) groups is 1. The van der Waals surface area contributed by atoms with Crippen LogP contribution in [0, 0.1) is 11.6 Å². The zero-order valence-corrected chi connectivity index (χ0v) is 10.5. The Hall–Kier alpha value is -1.69. The van der Waals surface area contributed by atoms with Gasteiger partial charge in [-0.25, -0.2) is 4.39 Å². The molecule has 6 heteroatoms. The van der Waals surface area contributed by atoms with E-state index < -0.39 is 11.6 Å². The van der Waals surface area contributed by atoms with Crippen molar-refractivity contribution in [2.24, 2.45) is 0 Å². The van der Waals surface area contributed by atoms with E-state index in [1.807, 2.05) is 0 Å². The number of rotatable bonds is 3. The molecule has 0 bridgehead atoms. The minimum atomic E-state index is -1.06. The Bertz CT molecular complexity index is 446. The van der Waals surface area contributed by atoms with E-state index in [0.29, 0.717) is 13.1 Å². The molecule has 1 aromatic carbocycles. The van der Waals surface area contributed by atoms with Crippen molar-refractivity contribution < 1.29 is 18.3 Å². The second-order valence-electron chi connectivity index (χ2n) is 4.32. The van der Waals surface area contributed by atoms with Gasteiger partial charge >= 0.3 is 0 Å². The Balaban J connectivity index is 1.90. The highest BCUT2D eigenvalue weighted by Crippen LogP contribution is 2.19. The van der Waals surface area contributed by atoms with Crippen LogP contribution in [0.2, 0.25) is 0 Å². The molecule has 1 fully saturated rings. The summed E-state index contributed by atoms with van der Waals surface area (Å²) >= 11 is 0. The maximum atomic E-state index is 13.3. The lowest BCUT2D eigenvalue weighted by molar-refractivity contribution is -0.133. The molecule has 0 saturated carbocycles. The monoisotopic (exact) mass is 270 g/mol. The number of nitrogens with zero attached hydrogens (tertiary/aromatic N) is 1. The van der Waals surface area contributed by atoms with E-state index in [1.54, 1.807) is 4.90 Å². The fourth-order valence-corrected chi connectivity index (χ4v) is 1.92. The molecule has 4 nitrogen and oxygen atoms in total. The van der Waals surface area contributed by atoms with Gasteiger partial charge in [0.2, 0.25) is 5.82 Å². The first-order chi connectivity index (χ1) is 9.18. The number of ether oxygens (including phenoxy) is 1. The molecule has 1 amide bonds. The van der Waals surface area contributed by atoms with E-state index in [-0.39, 0.29) is 18.3 Å². The fourth-order valence-electron chi connectivity index (χ4n) is 1.92. The van der Waals surface area contributed by atoms with Gasteiger partial charge in [0.05, 0.1) is 0 Å². The van der Waals surface area contributed by atoms with Gasteiger partial charge in [0.25, 0.3) is 5.91 Å². The number of hydrogen-bond acceptors (Lipinski definition) is 3. The molecule has 1 heterocycles. The normalized spacial score (nSPS) is 16.0. The molecule has 1 N–H and O–H groups in total. The number of nitrogens with one attached hydrogen (secondary N) is 1. The quantitative estimate of drug-likeness (QED) is 0.896. The fraction of sp³-hybridized carbons (Fsp3) is 0.462. The van der Waals surface area contributed by atoms with Crippen molar-refractivity contribution in [3.05, 3.63) is 29.8 Å². The SMILES string of the molecule is O=C(COc1cccc(F)c1F)N1CCCNCC1. The summed E-state index contributed by atoms with van der Waals surface area (Å²) in [6.07, 6.45) is 0.875. The molecular weight excluding hydrogens is 254 g/mol. The lowest BCUT2D eigenvalue weighted by Gasteiger charge is -2.20. The minimum Gasteiger partial charge on any atom is -0.481 e. The van der Waals surface area contributed by atoms with Crippen LogP contribution < -0.4 is 10.1 Å². The third kappa shape index (κ3) is 3.64. The van der Waals surface area contributed by atoms with Gasteiger partial charge in [-0.05, 0) is 25.1 Å². The van der Waals surface area contributed by atoms with Crippen LogP contribution in [0.5, 0.6) is 5.75 Å². The van der Waals surface area contributed by atoms with Gasteiger partial charge in [0.15, 0.2) is 18.2 Å². The first kappa shape index (κ1) is 13.7. The summed E-state index contributed by atoms with van der Waals surface area (Å²) in [5.74, 6) is -2.49. The highest BCUT2D eigenvalue weighted by Gasteiger charge is 2.17. The first-order valence-electron chi connectivity index (χ1n) is 6.24. The Morgan fingerprint density at radius 1 is 1.32 bits per heavy atom.